The monoisotopic (exact) mass is 627 g/mol. The van der Waals surface area contributed by atoms with Crippen molar-refractivity contribution in [1.82, 2.24) is 10.2 Å². The molecule has 4 rings (SSSR count). The first-order valence-corrected chi connectivity index (χ1v) is 16.4. The third-order valence-electron chi connectivity index (χ3n) is 7.58. The Kier molecular flexibility index (Phi) is 11.0. The zero-order valence-corrected chi connectivity index (χ0v) is 27.3. The number of ether oxygens (including phenoxy) is 1. The maximum atomic E-state index is 14.5. The van der Waals surface area contributed by atoms with Gasteiger partial charge in [0.2, 0.25) is 11.8 Å². The van der Waals surface area contributed by atoms with E-state index in [2.05, 4.69) is 5.32 Å². The summed E-state index contributed by atoms with van der Waals surface area (Å²) < 4.78 is 34.8. The highest BCUT2D eigenvalue weighted by atomic mass is 32.2. The van der Waals surface area contributed by atoms with Crippen LogP contribution in [0.2, 0.25) is 0 Å². The number of hydrogen-bond acceptors (Lipinski definition) is 5. The van der Waals surface area contributed by atoms with Gasteiger partial charge in [-0.1, -0.05) is 66.7 Å². The second kappa shape index (κ2) is 14.9. The number of hydrogen-bond donors (Lipinski definition) is 1. The Morgan fingerprint density at radius 3 is 2.07 bits per heavy atom. The summed E-state index contributed by atoms with van der Waals surface area (Å²) in [5, 5.41) is 2.97. The second-order valence-electron chi connectivity index (χ2n) is 11.3. The van der Waals surface area contributed by atoms with Crippen LogP contribution in [0.5, 0.6) is 5.75 Å². The van der Waals surface area contributed by atoms with Crippen molar-refractivity contribution >= 4 is 27.5 Å². The number of carbonyl (C=O) groups is 2. The van der Waals surface area contributed by atoms with Gasteiger partial charge in [0.1, 0.15) is 18.3 Å². The predicted octanol–water partition coefficient (Wildman–Crippen LogP) is 5.67. The summed E-state index contributed by atoms with van der Waals surface area (Å²) in [6.07, 6.45) is 0.240. The molecule has 0 fully saturated rings. The fraction of sp³-hybridized carbons (Fsp3) is 0.278. The first-order chi connectivity index (χ1) is 21.5. The summed E-state index contributed by atoms with van der Waals surface area (Å²) in [5.74, 6) is -0.237. The van der Waals surface area contributed by atoms with Crippen molar-refractivity contribution in [2.24, 2.45) is 0 Å². The lowest BCUT2D eigenvalue weighted by Gasteiger charge is -2.34. The predicted molar refractivity (Wildman–Crippen MR) is 178 cm³/mol. The van der Waals surface area contributed by atoms with Gasteiger partial charge < -0.3 is 15.0 Å². The van der Waals surface area contributed by atoms with Gasteiger partial charge in [0.15, 0.2) is 0 Å². The Bertz CT molecular complexity index is 1710. The molecule has 236 valence electrons. The molecule has 0 bridgehead atoms. The first-order valence-electron chi connectivity index (χ1n) is 14.9. The molecule has 0 spiro atoms. The van der Waals surface area contributed by atoms with Crippen molar-refractivity contribution in [3.63, 3.8) is 0 Å². The minimum absolute atomic E-state index is 0.0607. The number of aryl methyl sites for hydroxylation is 2. The topological polar surface area (TPSA) is 96.0 Å². The van der Waals surface area contributed by atoms with Crippen molar-refractivity contribution in [2.45, 2.75) is 57.6 Å². The molecule has 0 aliphatic heterocycles. The van der Waals surface area contributed by atoms with Crippen molar-refractivity contribution in [1.29, 1.82) is 0 Å². The second-order valence-corrected chi connectivity index (χ2v) is 13.2. The number of sulfonamides is 1. The largest absolute Gasteiger partial charge is 0.497 e. The Morgan fingerprint density at radius 2 is 1.44 bits per heavy atom. The minimum atomic E-state index is -4.15. The lowest BCUT2D eigenvalue weighted by atomic mass is 10.0. The molecule has 0 heterocycles. The van der Waals surface area contributed by atoms with Gasteiger partial charge in [-0.25, -0.2) is 8.42 Å². The van der Waals surface area contributed by atoms with E-state index in [-0.39, 0.29) is 29.8 Å². The lowest BCUT2D eigenvalue weighted by Crippen LogP contribution is -2.54. The summed E-state index contributed by atoms with van der Waals surface area (Å²) in [6.45, 7) is 7.11. The van der Waals surface area contributed by atoms with E-state index in [0.717, 1.165) is 26.6 Å². The van der Waals surface area contributed by atoms with Crippen LogP contribution in [-0.2, 0) is 32.6 Å². The maximum Gasteiger partial charge on any atom is 0.264 e. The molecule has 4 aromatic carbocycles. The normalized spacial score (nSPS) is 12.0. The van der Waals surface area contributed by atoms with Crippen LogP contribution in [-0.4, -0.2) is 50.9 Å². The van der Waals surface area contributed by atoms with E-state index in [9.17, 15) is 18.0 Å². The van der Waals surface area contributed by atoms with Crippen LogP contribution in [0, 0.1) is 13.8 Å². The zero-order valence-electron chi connectivity index (χ0n) is 26.4. The molecule has 9 heteroatoms. The molecular weight excluding hydrogens is 586 g/mol. The molecule has 1 N–H and O–H groups in total. The molecule has 0 saturated carbocycles. The summed E-state index contributed by atoms with van der Waals surface area (Å²) >= 11 is 0. The highest BCUT2D eigenvalue weighted by molar-refractivity contribution is 7.92. The molecule has 0 radical (unpaired) electrons. The minimum Gasteiger partial charge on any atom is -0.497 e. The summed E-state index contributed by atoms with van der Waals surface area (Å²) in [6, 6.07) is 29.0. The molecule has 45 heavy (non-hydrogen) atoms. The number of nitrogens with zero attached hydrogens (tertiary/aromatic N) is 2. The van der Waals surface area contributed by atoms with Gasteiger partial charge in [-0.05, 0) is 86.3 Å². The van der Waals surface area contributed by atoms with Gasteiger partial charge >= 0.3 is 0 Å². The van der Waals surface area contributed by atoms with E-state index < -0.39 is 28.5 Å². The molecule has 0 aliphatic rings. The van der Waals surface area contributed by atoms with E-state index in [1.807, 2.05) is 82.3 Å². The molecule has 1 atom stereocenters. The number of methoxy groups -OCH3 is 1. The Labute approximate surface area is 266 Å². The van der Waals surface area contributed by atoms with Crippen LogP contribution >= 0.6 is 0 Å². The molecule has 8 nitrogen and oxygen atoms in total. The van der Waals surface area contributed by atoms with Gasteiger partial charge in [0.25, 0.3) is 10.0 Å². The maximum absolute atomic E-state index is 14.5. The molecule has 2 amide bonds. The highest BCUT2D eigenvalue weighted by Gasteiger charge is 2.35. The van der Waals surface area contributed by atoms with E-state index in [0.29, 0.717) is 11.4 Å². The Hall–Kier alpha value is -4.63. The first kappa shape index (κ1) is 33.3. The van der Waals surface area contributed by atoms with E-state index in [1.54, 1.807) is 43.5 Å². The Morgan fingerprint density at radius 1 is 0.800 bits per heavy atom. The SMILES string of the molecule is COc1cccc(CN(C(=O)CN(c2ccc(C)c(C)c2)S(=O)(=O)c2ccccc2)[C@H](Cc2ccccc2)C(=O)NC(C)C)c1. The quantitative estimate of drug-likeness (QED) is 0.206. The van der Waals surface area contributed by atoms with Gasteiger partial charge in [-0.2, -0.15) is 0 Å². The zero-order chi connectivity index (χ0) is 32.6. The number of carbonyl (C=O) groups excluding carboxylic acids is 2. The van der Waals surface area contributed by atoms with Gasteiger partial charge in [0.05, 0.1) is 17.7 Å². The van der Waals surface area contributed by atoms with Crippen LogP contribution in [0.4, 0.5) is 5.69 Å². The molecule has 0 aromatic heterocycles. The highest BCUT2D eigenvalue weighted by Crippen LogP contribution is 2.27. The third-order valence-corrected chi connectivity index (χ3v) is 9.37. The fourth-order valence-corrected chi connectivity index (χ4v) is 6.46. The summed E-state index contributed by atoms with van der Waals surface area (Å²) in [7, 11) is -2.59. The molecular formula is C36H41N3O5S. The molecule has 0 aliphatic carbocycles. The van der Waals surface area contributed by atoms with Crippen LogP contribution < -0.4 is 14.4 Å². The number of rotatable bonds is 13. The van der Waals surface area contributed by atoms with E-state index in [4.69, 9.17) is 4.74 Å². The fourth-order valence-electron chi connectivity index (χ4n) is 5.03. The average Bonchev–Trinajstić information content (AvgIpc) is 3.03. The van der Waals surface area contributed by atoms with Crippen LogP contribution in [0.25, 0.3) is 0 Å². The van der Waals surface area contributed by atoms with Crippen LogP contribution in [0.15, 0.2) is 108 Å². The van der Waals surface area contributed by atoms with Crippen molar-refractivity contribution in [3.8, 4) is 5.75 Å². The standard InChI is InChI=1S/C36H41N3O5S/c1-26(2)37-36(41)34(23-29-13-8-6-9-14-29)38(24-30-15-12-16-32(22-30)44-5)35(40)25-39(31-20-19-27(3)28(4)21-31)45(42,43)33-17-10-7-11-18-33/h6-22,26,34H,23-25H2,1-5H3,(H,37,41)/t34-/m1/s1. The van der Waals surface area contributed by atoms with E-state index >= 15 is 0 Å². The Balaban J connectivity index is 1.82. The lowest BCUT2D eigenvalue weighted by molar-refractivity contribution is -0.140. The van der Waals surface area contributed by atoms with Gasteiger partial charge in [0, 0.05) is 19.0 Å². The number of benzene rings is 4. The van der Waals surface area contributed by atoms with Gasteiger partial charge in [-0.15, -0.1) is 0 Å². The smallest absolute Gasteiger partial charge is 0.264 e. The molecule has 4 aromatic rings. The van der Waals surface area contributed by atoms with E-state index in [1.165, 1.54) is 17.0 Å². The number of anilines is 1. The summed E-state index contributed by atoms with van der Waals surface area (Å²) in [5.41, 5.74) is 3.85. The van der Waals surface area contributed by atoms with Crippen LogP contribution in [0.3, 0.4) is 0 Å². The number of nitrogens with one attached hydrogen (secondary N) is 1. The third kappa shape index (κ3) is 8.51. The van der Waals surface area contributed by atoms with Crippen molar-refractivity contribution in [2.75, 3.05) is 18.0 Å². The van der Waals surface area contributed by atoms with Gasteiger partial charge in [-0.3, -0.25) is 13.9 Å². The molecule has 0 unspecified atom stereocenters. The number of amides is 2. The van der Waals surface area contributed by atoms with Crippen molar-refractivity contribution in [3.05, 3.63) is 125 Å². The summed E-state index contributed by atoms with van der Waals surface area (Å²) in [4.78, 5) is 29.9. The van der Waals surface area contributed by atoms with Crippen molar-refractivity contribution < 1.29 is 22.7 Å². The van der Waals surface area contributed by atoms with Crippen LogP contribution in [0.1, 0.15) is 36.1 Å². The molecule has 0 saturated heterocycles. The average molecular weight is 628 g/mol.